The van der Waals surface area contributed by atoms with Gasteiger partial charge in [-0.2, -0.15) is 0 Å². The van der Waals surface area contributed by atoms with Gasteiger partial charge in [0, 0.05) is 32.3 Å². The van der Waals surface area contributed by atoms with Crippen LogP contribution in [0, 0.1) is 5.92 Å². The van der Waals surface area contributed by atoms with Crippen LogP contribution in [0.1, 0.15) is 26.3 Å². The first kappa shape index (κ1) is 15.7. The van der Waals surface area contributed by atoms with E-state index >= 15 is 0 Å². The van der Waals surface area contributed by atoms with E-state index in [4.69, 9.17) is 4.74 Å². The Hall–Kier alpha value is -1.39. The number of ether oxygens (including phenoxy) is 1. The lowest BCUT2D eigenvalue weighted by Gasteiger charge is -2.21. The molecule has 0 aromatic heterocycles. The monoisotopic (exact) mass is 264 g/mol. The van der Waals surface area contributed by atoms with Gasteiger partial charge in [0.25, 0.3) is 0 Å². The van der Waals surface area contributed by atoms with Crippen molar-refractivity contribution in [2.75, 3.05) is 19.0 Å². The number of rotatable bonds is 7. The Bertz CT molecular complexity index is 388. The largest absolute Gasteiger partial charge is 0.383 e. The van der Waals surface area contributed by atoms with Gasteiger partial charge in [0.05, 0.1) is 6.61 Å². The Kier molecular flexibility index (Phi) is 6.53. The summed E-state index contributed by atoms with van der Waals surface area (Å²) in [6.07, 6.45) is 0. The lowest BCUT2D eigenvalue weighted by Crippen LogP contribution is -2.37. The highest BCUT2D eigenvalue weighted by atomic mass is 16.5. The van der Waals surface area contributed by atoms with E-state index in [-0.39, 0.29) is 5.91 Å². The molecule has 1 aromatic carbocycles. The highest BCUT2D eigenvalue weighted by Crippen LogP contribution is 2.10. The molecule has 0 fully saturated rings. The number of carbonyl (C=O) groups is 1. The van der Waals surface area contributed by atoms with Crippen LogP contribution in [-0.2, 0) is 16.1 Å². The minimum absolute atomic E-state index is 0.0501. The molecule has 2 N–H and O–H groups in total. The van der Waals surface area contributed by atoms with Crippen LogP contribution >= 0.6 is 0 Å². The van der Waals surface area contributed by atoms with E-state index in [0.29, 0.717) is 18.6 Å². The summed E-state index contributed by atoms with van der Waals surface area (Å²) >= 11 is 0. The molecule has 0 aliphatic carbocycles. The molecule has 1 atom stereocenters. The first-order valence-electron chi connectivity index (χ1n) is 6.61. The SMILES string of the molecule is COCC(NCc1ccc(NC(C)=O)cc1)C(C)C. The Morgan fingerprint density at radius 2 is 1.89 bits per heavy atom. The number of nitrogens with one attached hydrogen (secondary N) is 2. The fourth-order valence-electron chi connectivity index (χ4n) is 1.82. The van der Waals surface area contributed by atoms with Crippen molar-refractivity contribution < 1.29 is 9.53 Å². The number of carbonyl (C=O) groups excluding carboxylic acids is 1. The van der Waals surface area contributed by atoms with Gasteiger partial charge in [-0.25, -0.2) is 0 Å². The van der Waals surface area contributed by atoms with Crippen LogP contribution in [0.15, 0.2) is 24.3 Å². The second kappa shape index (κ2) is 7.92. The molecule has 0 radical (unpaired) electrons. The summed E-state index contributed by atoms with van der Waals surface area (Å²) in [5.74, 6) is 0.476. The van der Waals surface area contributed by atoms with Crippen molar-refractivity contribution in [1.29, 1.82) is 0 Å². The number of hydrogen-bond acceptors (Lipinski definition) is 3. The van der Waals surface area contributed by atoms with Crippen LogP contribution in [0.5, 0.6) is 0 Å². The standard InChI is InChI=1S/C15H24N2O2/c1-11(2)15(10-19-4)16-9-13-5-7-14(8-6-13)17-12(3)18/h5-8,11,15-16H,9-10H2,1-4H3,(H,17,18). The van der Waals surface area contributed by atoms with E-state index in [9.17, 15) is 4.79 Å². The van der Waals surface area contributed by atoms with Crippen molar-refractivity contribution >= 4 is 11.6 Å². The summed E-state index contributed by atoms with van der Waals surface area (Å²) < 4.78 is 5.21. The molecule has 0 bridgehead atoms. The molecule has 1 aromatic rings. The Labute approximate surface area is 115 Å². The summed E-state index contributed by atoms with van der Waals surface area (Å²) in [6.45, 7) is 7.37. The van der Waals surface area contributed by atoms with Gasteiger partial charge in [-0.3, -0.25) is 4.79 Å². The number of anilines is 1. The van der Waals surface area contributed by atoms with Crippen molar-refractivity contribution in [1.82, 2.24) is 5.32 Å². The van der Waals surface area contributed by atoms with E-state index in [2.05, 4.69) is 24.5 Å². The van der Waals surface area contributed by atoms with E-state index in [1.54, 1.807) is 7.11 Å². The fourth-order valence-corrected chi connectivity index (χ4v) is 1.82. The minimum Gasteiger partial charge on any atom is -0.383 e. The molecule has 1 unspecified atom stereocenters. The van der Waals surface area contributed by atoms with Gasteiger partial charge < -0.3 is 15.4 Å². The molecule has 0 aliphatic heterocycles. The molecule has 19 heavy (non-hydrogen) atoms. The van der Waals surface area contributed by atoms with Gasteiger partial charge >= 0.3 is 0 Å². The van der Waals surface area contributed by atoms with Crippen molar-refractivity contribution in [2.24, 2.45) is 5.92 Å². The first-order chi connectivity index (χ1) is 9.02. The van der Waals surface area contributed by atoms with Crippen LogP contribution in [0.25, 0.3) is 0 Å². The maximum atomic E-state index is 10.9. The summed E-state index contributed by atoms with van der Waals surface area (Å²) in [7, 11) is 1.72. The normalized spacial score (nSPS) is 12.5. The van der Waals surface area contributed by atoms with E-state index in [1.807, 2.05) is 24.3 Å². The highest BCUT2D eigenvalue weighted by Gasteiger charge is 2.11. The smallest absolute Gasteiger partial charge is 0.221 e. The Morgan fingerprint density at radius 1 is 1.26 bits per heavy atom. The van der Waals surface area contributed by atoms with E-state index < -0.39 is 0 Å². The second-order valence-electron chi connectivity index (χ2n) is 5.06. The maximum Gasteiger partial charge on any atom is 0.221 e. The molecule has 0 spiro atoms. The summed E-state index contributed by atoms with van der Waals surface area (Å²) in [6, 6.07) is 8.21. The van der Waals surface area contributed by atoms with Gasteiger partial charge in [0.2, 0.25) is 5.91 Å². The number of amides is 1. The zero-order chi connectivity index (χ0) is 14.3. The average molecular weight is 264 g/mol. The molecule has 1 rings (SSSR count). The van der Waals surface area contributed by atoms with Crippen molar-refractivity contribution in [3.63, 3.8) is 0 Å². The highest BCUT2D eigenvalue weighted by molar-refractivity contribution is 5.88. The van der Waals surface area contributed by atoms with Crippen molar-refractivity contribution in [3.8, 4) is 0 Å². The van der Waals surface area contributed by atoms with Gasteiger partial charge in [-0.05, 0) is 23.6 Å². The molecule has 4 nitrogen and oxygen atoms in total. The fraction of sp³-hybridized carbons (Fsp3) is 0.533. The molecule has 1 amide bonds. The Balaban J connectivity index is 2.50. The van der Waals surface area contributed by atoms with Gasteiger partial charge in [-0.15, -0.1) is 0 Å². The number of benzene rings is 1. The molecule has 0 saturated carbocycles. The Morgan fingerprint density at radius 3 is 2.37 bits per heavy atom. The van der Waals surface area contributed by atoms with Crippen molar-refractivity contribution in [3.05, 3.63) is 29.8 Å². The van der Waals surface area contributed by atoms with Gasteiger partial charge in [0.15, 0.2) is 0 Å². The lowest BCUT2D eigenvalue weighted by molar-refractivity contribution is -0.114. The second-order valence-corrected chi connectivity index (χ2v) is 5.06. The third-order valence-electron chi connectivity index (χ3n) is 2.99. The number of methoxy groups -OCH3 is 1. The molecule has 106 valence electrons. The summed E-state index contributed by atoms with van der Waals surface area (Å²) in [4.78, 5) is 10.9. The molecule has 0 saturated heterocycles. The first-order valence-corrected chi connectivity index (χ1v) is 6.61. The average Bonchev–Trinajstić information content (AvgIpc) is 2.35. The van der Waals surface area contributed by atoms with Crippen molar-refractivity contribution in [2.45, 2.75) is 33.4 Å². The van der Waals surface area contributed by atoms with Crippen LogP contribution in [0.3, 0.4) is 0 Å². The zero-order valence-corrected chi connectivity index (χ0v) is 12.2. The minimum atomic E-state index is -0.0501. The van der Waals surface area contributed by atoms with E-state index in [0.717, 1.165) is 12.2 Å². The van der Waals surface area contributed by atoms with Crippen LogP contribution in [0.4, 0.5) is 5.69 Å². The topological polar surface area (TPSA) is 50.4 Å². The summed E-state index contributed by atoms with van der Waals surface area (Å²) in [5.41, 5.74) is 2.02. The van der Waals surface area contributed by atoms with Gasteiger partial charge in [-0.1, -0.05) is 26.0 Å². The number of hydrogen-bond donors (Lipinski definition) is 2. The van der Waals surface area contributed by atoms with E-state index in [1.165, 1.54) is 12.5 Å². The molecule has 0 aliphatic rings. The predicted octanol–water partition coefficient (Wildman–Crippen LogP) is 2.41. The molecule has 0 heterocycles. The molecule has 4 heteroatoms. The zero-order valence-electron chi connectivity index (χ0n) is 12.2. The van der Waals surface area contributed by atoms with Gasteiger partial charge in [0.1, 0.15) is 0 Å². The molecular weight excluding hydrogens is 240 g/mol. The van der Waals surface area contributed by atoms with Crippen LogP contribution in [0.2, 0.25) is 0 Å². The van der Waals surface area contributed by atoms with Crippen LogP contribution in [-0.4, -0.2) is 25.7 Å². The third kappa shape index (κ3) is 5.85. The lowest BCUT2D eigenvalue weighted by atomic mass is 10.0. The molecular formula is C15H24N2O2. The predicted molar refractivity (Wildman–Crippen MR) is 78.1 cm³/mol. The van der Waals surface area contributed by atoms with Crippen LogP contribution < -0.4 is 10.6 Å². The quantitative estimate of drug-likeness (QED) is 0.795. The third-order valence-corrected chi connectivity index (χ3v) is 2.99. The summed E-state index contributed by atoms with van der Waals surface area (Å²) in [5, 5.41) is 6.24. The maximum absolute atomic E-state index is 10.9.